The lowest BCUT2D eigenvalue weighted by molar-refractivity contribution is -0.140. The van der Waals surface area contributed by atoms with Crippen molar-refractivity contribution in [3.8, 4) is 0 Å². The van der Waals surface area contributed by atoms with Crippen LogP contribution in [0, 0.1) is 0 Å². The number of carboxylic acid groups (broad SMARTS) is 1. The molecular formula is C7H10O5. The molecule has 1 N–H and O–H groups in total. The van der Waals surface area contributed by atoms with Crippen molar-refractivity contribution in [1.29, 1.82) is 0 Å². The molecule has 0 saturated heterocycles. The summed E-state index contributed by atoms with van der Waals surface area (Å²) in [5.74, 6) is -0.552. The molecule has 0 radical (unpaired) electrons. The van der Waals surface area contributed by atoms with Crippen LogP contribution in [-0.2, 0) is 14.3 Å². The first-order valence-electron chi connectivity index (χ1n) is 3.22. The lowest BCUT2D eigenvalue weighted by atomic mass is 10.4. The Morgan fingerprint density at radius 1 is 1.33 bits per heavy atom. The molecule has 0 fully saturated rings. The van der Waals surface area contributed by atoms with Gasteiger partial charge in [0, 0.05) is 5.57 Å². The van der Waals surface area contributed by atoms with Gasteiger partial charge in [0.1, 0.15) is 13.2 Å². The summed E-state index contributed by atoms with van der Waals surface area (Å²) in [5.41, 5.74) is 0.269. The summed E-state index contributed by atoms with van der Waals surface area (Å²) < 4.78 is 8.61. The van der Waals surface area contributed by atoms with E-state index >= 15 is 0 Å². The van der Waals surface area contributed by atoms with E-state index in [-0.39, 0.29) is 18.8 Å². The van der Waals surface area contributed by atoms with Gasteiger partial charge in [0.15, 0.2) is 0 Å². The van der Waals surface area contributed by atoms with E-state index in [1.54, 1.807) is 0 Å². The first kappa shape index (κ1) is 10.5. The number of carbonyl (C=O) groups excluding carboxylic acids is 1. The summed E-state index contributed by atoms with van der Waals surface area (Å²) in [5, 5.41) is 8.01. The topological polar surface area (TPSA) is 72.8 Å². The summed E-state index contributed by atoms with van der Waals surface area (Å²) in [6, 6.07) is 0. The van der Waals surface area contributed by atoms with Crippen LogP contribution in [-0.4, -0.2) is 30.4 Å². The fraction of sp³-hybridized carbons (Fsp3) is 0.429. The molecule has 0 bridgehead atoms. The molecule has 0 aliphatic rings. The smallest absolute Gasteiger partial charge is 0.459 e. The molecule has 0 aromatic carbocycles. The van der Waals surface area contributed by atoms with Gasteiger partial charge in [-0.2, -0.15) is 0 Å². The first-order valence-corrected chi connectivity index (χ1v) is 3.22. The van der Waals surface area contributed by atoms with Crippen LogP contribution >= 0.6 is 0 Å². The quantitative estimate of drug-likeness (QED) is 0.387. The zero-order valence-electron chi connectivity index (χ0n) is 6.70. The maximum Gasteiger partial charge on any atom is 0.505 e. The molecule has 5 heteroatoms. The Bertz CT molecular complexity index is 196. The second-order valence-corrected chi connectivity index (χ2v) is 2.03. The van der Waals surface area contributed by atoms with Crippen molar-refractivity contribution in [3.63, 3.8) is 0 Å². The Balaban J connectivity index is 3.38. The minimum atomic E-state index is -1.39. The van der Waals surface area contributed by atoms with Gasteiger partial charge in [-0.1, -0.05) is 6.58 Å². The van der Waals surface area contributed by atoms with Gasteiger partial charge in [-0.25, -0.2) is 9.59 Å². The average Bonchev–Trinajstić information content (AvgIpc) is 1.97. The number of hydrogen-bond acceptors (Lipinski definition) is 4. The third-order valence-electron chi connectivity index (χ3n) is 0.890. The Morgan fingerprint density at radius 3 is 2.25 bits per heavy atom. The number of ether oxygens (including phenoxy) is 2. The van der Waals surface area contributed by atoms with Crippen molar-refractivity contribution in [2.45, 2.75) is 6.92 Å². The Hall–Kier alpha value is -1.52. The van der Waals surface area contributed by atoms with Crippen molar-refractivity contribution in [1.82, 2.24) is 0 Å². The van der Waals surface area contributed by atoms with Gasteiger partial charge >= 0.3 is 12.1 Å². The average molecular weight is 174 g/mol. The molecule has 0 amide bonds. The van der Waals surface area contributed by atoms with Gasteiger partial charge < -0.3 is 14.6 Å². The van der Waals surface area contributed by atoms with Gasteiger partial charge in [-0.15, -0.1) is 0 Å². The van der Waals surface area contributed by atoms with E-state index in [0.717, 1.165) is 0 Å². The van der Waals surface area contributed by atoms with Gasteiger partial charge in [0.05, 0.1) is 0 Å². The minimum Gasteiger partial charge on any atom is -0.459 e. The second-order valence-electron chi connectivity index (χ2n) is 2.03. The molecule has 0 atom stereocenters. The maximum atomic E-state index is 10.7. The van der Waals surface area contributed by atoms with Gasteiger partial charge in [0.25, 0.3) is 0 Å². The molecule has 0 rings (SSSR count). The third-order valence-corrected chi connectivity index (χ3v) is 0.890. The molecule has 0 aromatic rings. The second kappa shape index (κ2) is 5.17. The highest BCUT2D eigenvalue weighted by atomic mass is 16.7. The monoisotopic (exact) mass is 174 g/mol. The van der Waals surface area contributed by atoms with Gasteiger partial charge in [0.2, 0.25) is 0 Å². The number of carbonyl (C=O) groups is 2. The molecule has 0 saturated carbocycles. The predicted molar refractivity (Wildman–Crippen MR) is 39.7 cm³/mol. The zero-order valence-corrected chi connectivity index (χ0v) is 6.70. The molecule has 12 heavy (non-hydrogen) atoms. The van der Waals surface area contributed by atoms with Crippen LogP contribution in [0.2, 0.25) is 0 Å². The number of esters is 1. The minimum absolute atomic E-state index is 0.0853. The van der Waals surface area contributed by atoms with Crippen molar-refractivity contribution in [3.05, 3.63) is 12.2 Å². The van der Waals surface area contributed by atoms with E-state index < -0.39 is 12.1 Å². The van der Waals surface area contributed by atoms with Crippen LogP contribution in [0.5, 0.6) is 0 Å². The first-order chi connectivity index (χ1) is 5.54. The highest BCUT2D eigenvalue weighted by molar-refractivity contribution is 5.86. The standard InChI is InChI=1S/C7H10O5/c1-5(2)6(8)11-3-4-12-7(9)10/h1,3-4H2,2H3,(H,9,10). The zero-order chi connectivity index (χ0) is 9.56. The van der Waals surface area contributed by atoms with Crippen LogP contribution in [0.25, 0.3) is 0 Å². The van der Waals surface area contributed by atoms with E-state index in [9.17, 15) is 9.59 Å². The Kier molecular flexibility index (Phi) is 4.52. The van der Waals surface area contributed by atoms with Crippen LogP contribution in [0.15, 0.2) is 12.2 Å². The Morgan fingerprint density at radius 2 is 1.83 bits per heavy atom. The SMILES string of the molecule is C=C(C)C(=O)OCCOC(=O)O. The van der Waals surface area contributed by atoms with Gasteiger partial charge in [-0.05, 0) is 6.92 Å². The Labute approximate surface area is 69.6 Å². The molecule has 0 unspecified atom stereocenters. The van der Waals surface area contributed by atoms with E-state index in [1.807, 2.05) is 0 Å². The fourth-order valence-corrected chi connectivity index (χ4v) is 0.387. The lowest BCUT2D eigenvalue weighted by Gasteiger charge is -2.02. The number of rotatable bonds is 4. The van der Waals surface area contributed by atoms with Crippen molar-refractivity contribution >= 4 is 12.1 Å². The van der Waals surface area contributed by atoms with Gasteiger partial charge in [-0.3, -0.25) is 0 Å². The molecule has 0 aromatic heterocycles. The summed E-state index contributed by atoms with van der Waals surface area (Å²) in [7, 11) is 0. The fourth-order valence-electron chi connectivity index (χ4n) is 0.387. The highest BCUT2D eigenvalue weighted by Crippen LogP contribution is 1.91. The molecule has 68 valence electrons. The lowest BCUT2D eigenvalue weighted by Crippen LogP contribution is -2.12. The summed E-state index contributed by atoms with van der Waals surface area (Å²) in [6.07, 6.45) is -1.39. The summed E-state index contributed by atoms with van der Waals surface area (Å²) in [6.45, 7) is 4.59. The molecule has 0 heterocycles. The van der Waals surface area contributed by atoms with Crippen LogP contribution in [0.1, 0.15) is 6.92 Å². The van der Waals surface area contributed by atoms with Crippen LogP contribution in [0.4, 0.5) is 4.79 Å². The molecule has 0 aliphatic heterocycles. The van der Waals surface area contributed by atoms with E-state index in [0.29, 0.717) is 0 Å². The van der Waals surface area contributed by atoms with Crippen molar-refractivity contribution < 1.29 is 24.2 Å². The number of hydrogen-bond donors (Lipinski definition) is 1. The van der Waals surface area contributed by atoms with Crippen molar-refractivity contribution in [2.75, 3.05) is 13.2 Å². The van der Waals surface area contributed by atoms with Crippen molar-refractivity contribution in [2.24, 2.45) is 0 Å². The third kappa shape index (κ3) is 5.28. The predicted octanol–water partition coefficient (Wildman–Crippen LogP) is 0.800. The van der Waals surface area contributed by atoms with E-state index in [4.69, 9.17) is 5.11 Å². The molecule has 5 nitrogen and oxygen atoms in total. The molecule has 0 aliphatic carbocycles. The van der Waals surface area contributed by atoms with Crippen LogP contribution < -0.4 is 0 Å². The summed E-state index contributed by atoms with van der Waals surface area (Å²) in [4.78, 5) is 20.5. The molecular weight excluding hydrogens is 164 g/mol. The van der Waals surface area contributed by atoms with Crippen LogP contribution in [0.3, 0.4) is 0 Å². The maximum absolute atomic E-state index is 10.7. The summed E-state index contributed by atoms with van der Waals surface area (Å²) >= 11 is 0. The normalized spacial score (nSPS) is 8.75. The molecule has 0 spiro atoms. The largest absolute Gasteiger partial charge is 0.505 e. The van der Waals surface area contributed by atoms with E-state index in [2.05, 4.69) is 16.1 Å². The highest BCUT2D eigenvalue weighted by Gasteiger charge is 2.02. The van der Waals surface area contributed by atoms with E-state index in [1.165, 1.54) is 6.92 Å².